The molecule has 0 aliphatic carbocycles. The highest BCUT2D eigenvalue weighted by molar-refractivity contribution is 5.68. The predicted octanol–water partition coefficient (Wildman–Crippen LogP) is 1.60. The number of hydrogen-bond donors (Lipinski definition) is 0. The lowest BCUT2D eigenvalue weighted by Gasteiger charge is -2.35. The van der Waals surface area contributed by atoms with Crippen molar-refractivity contribution in [3.63, 3.8) is 0 Å². The van der Waals surface area contributed by atoms with Crippen molar-refractivity contribution >= 4 is 11.8 Å². The van der Waals surface area contributed by atoms with E-state index in [0.717, 1.165) is 5.69 Å². The quantitative estimate of drug-likeness (QED) is 0.842. The number of carbonyl (C=O) groups excluding carboxylic acids is 1. The van der Waals surface area contributed by atoms with Crippen LogP contribution in [0.1, 0.15) is 0 Å². The van der Waals surface area contributed by atoms with E-state index < -0.39 is 0 Å². The molecule has 22 heavy (non-hydrogen) atoms. The van der Waals surface area contributed by atoms with Crippen LogP contribution in [0.2, 0.25) is 0 Å². The molecule has 1 aliphatic heterocycles. The molecule has 0 N–H and O–H groups in total. The van der Waals surface area contributed by atoms with E-state index in [0.29, 0.717) is 43.4 Å². The average Bonchev–Trinajstić information content (AvgIpc) is 2.59. The van der Waals surface area contributed by atoms with Gasteiger partial charge in [0.25, 0.3) is 0 Å². The molecule has 0 aromatic heterocycles. The Bertz CT molecular complexity index is 502. The number of methoxy groups -OCH3 is 4. The molecule has 1 aromatic carbocycles. The number of nitrogens with zero attached hydrogens (tertiary/aromatic N) is 2. The monoisotopic (exact) mass is 310 g/mol. The van der Waals surface area contributed by atoms with Gasteiger partial charge >= 0.3 is 6.09 Å². The van der Waals surface area contributed by atoms with Crippen LogP contribution in [0.5, 0.6) is 17.2 Å². The second kappa shape index (κ2) is 7.11. The predicted molar refractivity (Wildman–Crippen MR) is 82.3 cm³/mol. The van der Waals surface area contributed by atoms with E-state index in [1.807, 2.05) is 12.1 Å². The average molecular weight is 310 g/mol. The van der Waals surface area contributed by atoms with E-state index in [1.54, 1.807) is 26.2 Å². The molecule has 1 aromatic rings. The molecular weight excluding hydrogens is 288 g/mol. The first kappa shape index (κ1) is 16.1. The van der Waals surface area contributed by atoms with Crippen molar-refractivity contribution in [3.8, 4) is 17.2 Å². The van der Waals surface area contributed by atoms with Gasteiger partial charge in [-0.2, -0.15) is 0 Å². The summed E-state index contributed by atoms with van der Waals surface area (Å²) in [7, 11) is 6.16. The van der Waals surface area contributed by atoms with Gasteiger partial charge < -0.3 is 28.7 Å². The highest BCUT2D eigenvalue weighted by atomic mass is 16.5. The topological polar surface area (TPSA) is 60.5 Å². The fourth-order valence-electron chi connectivity index (χ4n) is 2.53. The van der Waals surface area contributed by atoms with Gasteiger partial charge in [-0.15, -0.1) is 0 Å². The Balaban J connectivity index is 2.18. The molecule has 2 rings (SSSR count). The number of anilines is 1. The Morgan fingerprint density at radius 3 is 1.86 bits per heavy atom. The Kier molecular flexibility index (Phi) is 5.19. The summed E-state index contributed by atoms with van der Waals surface area (Å²) in [6.07, 6.45) is -0.287. The van der Waals surface area contributed by atoms with E-state index in [9.17, 15) is 4.79 Å². The fraction of sp³-hybridized carbons (Fsp3) is 0.533. The van der Waals surface area contributed by atoms with Gasteiger partial charge in [0.05, 0.1) is 28.4 Å². The number of benzene rings is 1. The summed E-state index contributed by atoms with van der Waals surface area (Å²) in [5.41, 5.74) is 0.971. The molecule has 0 spiro atoms. The van der Waals surface area contributed by atoms with Gasteiger partial charge in [-0.25, -0.2) is 4.79 Å². The van der Waals surface area contributed by atoms with Crippen LogP contribution in [0.25, 0.3) is 0 Å². The SMILES string of the molecule is COC(=O)N1CCN(c2cc(OC)c(OC)c(OC)c2)CC1. The molecule has 1 amide bonds. The van der Waals surface area contributed by atoms with Crippen molar-refractivity contribution in [1.29, 1.82) is 0 Å². The van der Waals surface area contributed by atoms with Gasteiger partial charge in [0.1, 0.15) is 0 Å². The first-order valence-corrected chi connectivity index (χ1v) is 7.02. The number of carbonyl (C=O) groups is 1. The molecule has 1 aliphatic rings. The van der Waals surface area contributed by atoms with Gasteiger partial charge in [0.2, 0.25) is 5.75 Å². The molecule has 122 valence electrons. The number of rotatable bonds is 4. The van der Waals surface area contributed by atoms with Crippen molar-refractivity contribution in [1.82, 2.24) is 4.90 Å². The van der Waals surface area contributed by atoms with Crippen LogP contribution in [0.15, 0.2) is 12.1 Å². The molecule has 0 bridgehead atoms. The maximum absolute atomic E-state index is 11.5. The van der Waals surface area contributed by atoms with E-state index >= 15 is 0 Å². The first-order valence-electron chi connectivity index (χ1n) is 7.02. The molecule has 7 heteroatoms. The van der Waals surface area contributed by atoms with Crippen LogP contribution in [0, 0.1) is 0 Å². The third-order valence-electron chi connectivity index (χ3n) is 3.73. The summed E-state index contributed by atoms with van der Waals surface area (Å²) in [5, 5.41) is 0. The zero-order chi connectivity index (χ0) is 16.1. The molecule has 0 saturated carbocycles. The Hall–Kier alpha value is -2.31. The molecule has 0 atom stereocenters. The van der Waals surface area contributed by atoms with Crippen LogP contribution >= 0.6 is 0 Å². The van der Waals surface area contributed by atoms with E-state index in [1.165, 1.54) is 7.11 Å². The highest BCUT2D eigenvalue weighted by Crippen LogP contribution is 2.41. The summed E-state index contributed by atoms with van der Waals surface area (Å²) in [6.45, 7) is 2.66. The van der Waals surface area contributed by atoms with Crippen molar-refractivity contribution in [2.45, 2.75) is 0 Å². The second-order valence-corrected chi connectivity index (χ2v) is 4.83. The first-order chi connectivity index (χ1) is 10.6. The minimum absolute atomic E-state index is 0.287. The van der Waals surface area contributed by atoms with Crippen molar-refractivity contribution < 1.29 is 23.7 Å². The molecule has 1 heterocycles. The van der Waals surface area contributed by atoms with Crippen LogP contribution in [-0.4, -0.2) is 65.6 Å². The molecule has 0 radical (unpaired) electrons. The molecule has 1 saturated heterocycles. The highest BCUT2D eigenvalue weighted by Gasteiger charge is 2.23. The summed E-state index contributed by atoms with van der Waals surface area (Å²) in [4.78, 5) is 15.4. The number of amides is 1. The molecule has 1 fully saturated rings. The number of ether oxygens (including phenoxy) is 4. The van der Waals surface area contributed by atoms with Gasteiger partial charge in [-0.3, -0.25) is 0 Å². The van der Waals surface area contributed by atoms with Crippen molar-refractivity contribution in [3.05, 3.63) is 12.1 Å². The lowest BCUT2D eigenvalue weighted by molar-refractivity contribution is 0.121. The normalized spacial score (nSPS) is 14.5. The Morgan fingerprint density at radius 2 is 1.45 bits per heavy atom. The third-order valence-corrected chi connectivity index (χ3v) is 3.73. The molecular formula is C15H22N2O5. The summed E-state index contributed by atoms with van der Waals surface area (Å²) >= 11 is 0. The number of piperazine rings is 1. The van der Waals surface area contributed by atoms with Crippen LogP contribution < -0.4 is 19.1 Å². The summed E-state index contributed by atoms with van der Waals surface area (Å²) in [5.74, 6) is 1.81. The summed E-state index contributed by atoms with van der Waals surface area (Å²) in [6, 6.07) is 3.82. The number of hydrogen-bond acceptors (Lipinski definition) is 6. The Morgan fingerprint density at radius 1 is 0.909 bits per heavy atom. The van der Waals surface area contributed by atoms with Gasteiger partial charge in [-0.1, -0.05) is 0 Å². The zero-order valence-corrected chi connectivity index (χ0v) is 13.4. The van der Waals surface area contributed by atoms with E-state index in [4.69, 9.17) is 18.9 Å². The van der Waals surface area contributed by atoms with Gasteiger partial charge in [-0.05, 0) is 0 Å². The van der Waals surface area contributed by atoms with E-state index in [-0.39, 0.29) is 6.09 Å². The maximum atomic E-state index is 11.5. The van der Waals surface area contributed by atoms with E-state index in [2.05, 4.69) is 4.90 Å². The maximum Gasteiger partial charge on any atom is 0.409 e. The summed E-state index contributed by atoms with van der Waals surface area (Å²) < 4.78 is 20.8. The van der Waals surface area contributed by atoms with Gasteiger partial charge in [0, 0.05) is 44.0 Å². The van der Waals surface area contributed by atoms with Crippen LogP contribution in [0.4, 0.5) is 10.5 Å². The lowest BCUT2D eigenvalue weighted by atomic mass is 10.2. The molecule has 0 unspecified atom stereocenters. The van der Waals surface area contributed by atoms with Crippen molar-refractivity contribution in [2.24, 2.45) is 0 Å². The van der Waals surface area contributed by atoms with Gasteiger partial charge in [0.15, 0.2) is 11.5 Å². The largest absolute Gasteiger partial charge is 0.493 e. The van der Waals surface area contributed by atoms with Crippen molar-refractivity contribution in [2.75, 3.05) is 59.5 Å². The van der Waals surface area contributed by atoms with Crippen LogP contribution in [-0.2, 0) is 4.74 Å². The minimum atomic E-state index is -0.287. The minimum Gasteiger partial charge on any atom is -0.493 e. The zero-order valence-electron chi connectivity index (χ0n) is 13.4. The smallest absolute Gasteiger partial charge is 0.409 e. The lowest BCUT2D eigenvalue weighted by Crippen LogP contribution is -2.48. The standard InChI is InChI=1S/C15H22N2O5/c1-19-12-9-11(10-13(20-2)14(12)21-3)16-5-7-17(8-6-16)15(18)22-4/h9-10H,5-8H2,1-4H3. The van der Waals surface area contributed by atoms with Crippen LogP contribution in [0.3, 0.4) is 0 Å². The third kappa shape index (κ3) is 3.13. The second-order valence-electron chi connectivity index (χ2n) is 4.83. The molecule has 7 nitrogen and oxygen atoms in total. The fourth-order valence-corrected chi connectivity index (χ4v) is 2.53. The Labute approximate surface area is 130 Å².